The van der Waals surface area contributed by atoms with E-state index in [1.807, 2.05) is 24.3 Å². The quantitative estimate of drug-likeness (QED) is 0.791. The van der Waals surface area contributed by atoms with Crippen molar-refractivity contribution in [3.8, 4) is 0 Å². The number of halogens is 1. The van der Waals surface area contributed by atoms with Gasteiger partial charge < -0.3 is 11.1 Å². The molecule has 0 radical (unpaired) electrons. The van der Waals surface area contributed by atoms with Crippen LogP contribution >= 0.6 is 11.6 Å². The van der Waals surface area contributed by atoms with Crippen LogP contribution in [0.2, 0.25) is 5.02 Å². The van der Waals surface area contributed by atoms with Crippen LogP contribution < -0.4 is 11.1 Å². The molecule has 1 unspecified atom stereocenters. The third kappa shape index (κ3) is 3.36. The highest BCUT2D eigenvalue weighted by Crippen LogP contribution is 2.10. The van der Waals surface area contributed by atoms with Crippen molar-refractivity contribution < 1.29 is 4.79 Å². The molecule has 0 saturated heterocycles. The molecule has 0 saturated carbocycles. The second-order valence-corrected chi connectivity index (χ2v) is 3.57. The van der Waals surface area contributed by atoms with Crippen LogP contribution in [-0.4, -0.2) is 11.9 Å². The summed E-state index contributed by atoms with van der Waals surface area (Å²) in [6.45, 7) is 2.32. The monoisotopic (exact) mass is 212 g/mol. The molecule has 14 heavy (non-hydrogen) atoms. The number of nitrogens with one attached hydrogen (secondary N) is 1. The van der Waals surface area contributed by atoms with Crippen LogP contribution in [0.4, 0.5) is 0 Å². The predicted octanol–water partition coefficient (Wildman–Crippen LogP) is 1.30. The Bertz CT molecular complexity index is 328. The Hall–Kier alpha value is -1.06. The van der Waals surface area contributed by atoms with Gasteiger partial charge in [-0.3, -0.25) is 4.79 Å². The molecule has 0 aromatic heterocycles. The maximum absolute atomic E-state index is 10.7. The Morgan fingerprint density at radius 3 is 2.93 bits per heavy atom. The van der Waals surface area contributed by atoms with Crippen molar-refractivity contribution in [2.24, 2.45) is 5.73 Å². The number of nitrogens with two attached hydrogens (primary N) is 1. The molecule has 3 nitrogen and oxygen atoms in total. The van der Waals surface area contributed by atoms with Gasteiger partial charge in [-0.2, -0.15) is 0 Å². The molecule has 0 aliphatic heterocycles. The predicted molar refractivity (Wildman–Crippen MR) is 56.9 cm³/mol. The van der Waals surface area contributed by atoms with Gasteiger partial charge in [-0.15, -0.1) is 0 Å². The SMILES string of the molecule is CC(NCc1cccc(Cl)c1)C(N)=O. The second kappa shape index (κ2) is 4.98. The highest BCUT2D eigenvalue weighted by Gasteiger charge is 2.06. The van der Waals surface area contributed by atoms with Crippen LogP contribution in [0.15, 0.2) is 24.3 Å². The molecule has 1 aromatic carbocycles. The van der Waals surface area contributed by atoms with E-state index < -0.39 is 0 Å². The lowest BCUT2D eigenvalue weighted by molar-refractivity contribution is -0.119. The summed E-state index contributed by atoms with van der Waals surface area (Å²) in [4.78, 5) is 10.7. The zero-order valence-corrected chi connectivity index (χ0v) is 8.71. The number of carbonyl (C=O) groups is 1. The number of amides is 1. The van der Waals surface area contributed by atoms with Crippen molar-refractivity contribution >= 4 is 17.5 Å². The number of primary amides is 1. The first kappa shape index (κ1) is 11.0. The molecule has 0 heterocycles. The summed E-state index contributed by atoms with van der Waals surface area (Å²) in [6, 6.07) is 7.14. The lowest BCUT2D eigenvalue weighted by Gasteiger charge is -2.09. The van der Waals surface area contributed by atoms with Gasteiger partial charge in [0.1, 0.15) is 0 Å². The van der Waals surface area contributed by atoms with E-state index in [2.05, 4.69) is 5.32 Å². The molecule has 0 bridgehead atoms. The minimum Gasteiger partial charge on any atom is -0.368 e. The Kier molecular flexibility index (Phi) is 3.92. The maximum atomic E-state index is 10.7. The lowest BCUT2D eigenvalue weighted by atomic mass is 10.2. The Morgan fingerprint density at radius 2 is 2.36 bits per heavy atom. The van der Waals surface area contributed by atoms with Crippen LogP contribution in [0.25, 0.3) is 0 Å². The van der Waals surface area contributed by atoms with Gasteiger partial charge in [0.25, 0.3) is 0 Å². The lowest BCUT2D eigenvalue weighted by Crippen LogP contribution is -2.38. The van der Waals surface area contributed by atoms with E-state index in [-0.39, 0.29) is 11.9 Å². The summed E-state index contributed by atoms with van der Waals surface area (Å²) in [5.41, 5.74) is 6.14. The van der Waals surface area contributed by atoms with Crippen LogP contribution in [-0.2, 0) is 11.3 Å². The first-order chi connectivity index (χ1) is 6.59. The molecule has 3 N–H and O–H groups in total. The van der Waals surface area contributed by atoms with E-state index in [4.69, 9.17) is 17.3 Å². The summed E-state index contributed by atoms with van der Waals surface area (Å²) in [5, 5.41) is 3.68. The van der Waals surface area contributed by atoms with Gasteiger partial charge >= 0.3 is 0 Å². The smallest absolute Gasteiger partial charge is 0.234 e. The molecule has 1 aromatic rings. The normalized spacial score (nSPS) is 12.4. The van der Waals surface area contributed by atoms with E-state index in [0.29, 0.717) is 11.6 Å². The minimum absolute atomic E-state index is 0.325. The fourth-order valence-electron chi connectivity index (χ4n) is 1.02. The molecular formula is C10H13ClN2O. The number of carbonyl (C=O) groups excluding carboxylic acids is 1. The highest BCUT2D eigenvalue weighted by atomic mass is 35.5. The van der Waals surface area contributed by atoms with Crippen molar-refractivity contribution in [2.45, 2.75) is 19.5 Å². The molecule has 4 heteroatoms. The molecule has 1 amide bonds. The average molecular weight is 213 g/mol. The highest BCUT2D eigenvalue weighted by molar-refractivity contribution is 6.30. The van der Waals surface area contributed by atoms with Crippen molar-refractivity contribution in [3.63, 3.8) is 0 Å². The molecular weight excluding hydrogens is 200 g/mol. The minimum atomic E-state index is -0.355. The summed E-state index contributed by atoms with van der Waals surface area (Å²) in [6.07, 6.45) is 0. The maximum Gasteiger partial charge on any atom is 0.234 e. The largest absolute Gasteiger partial charge is 0.368 e. The summed E-state index contributed by atoms with van der Waals surface area (Å²) in [7, 11) is 0. The number of rotatable bonds is 4. The van der Waals surface area contributed by atoms with Gasteiger partial charge in [0.05, 0.1) is 6.04 Å². The van der Waals surface area contributed by atoms with Gasteiger partial charge in [-0.05, 0) is 24.6 Å². The van der Waals surface area contributed by atoms with Gasteiger partial charge in [0, 0.05) is 11.6 Å². The standard InChI is InChI=1S/C10H13ClN2O/c1-7(10(12)14)13-6-8-3-2-4-9(11)5-8/h2-5,7,13H,6H2,1H3,(H2,12,14). The number of hydrogen-bond acceptors (Lipinski definition) is 2. The van der Waals surface area contributed by atoms with Crippen LogP contribution in [0.3, 0.4) is 0 Å². The molecule has 0 spiro atoms. The van der Waals surface area contributed by atoms with E-state index in [1.165, 1.54) is 0 Å². The fourth-order valence-corrected chi connectivity index (χ4v) is 1.23. The van der Waals surface area contributed by atoms with Crippen molar-refractivity contribution in [3.05, 3.63) is 34.9 Å². The fraction of sp³-hybridized carbons (Fsp3) is 0.300. The van der Waals surface area contributed by atoms with Crippen LogP contribution in [0.1, 0.15) is 12.5 Å². The Balaban J connectivity index is 2.49. The van der Waals surface area contributed by atoms with Crippen molar-refractivity contribution in [1.82, 2.24) is 5.32 Å². The van der Waals surface area contributed by atoms with Gasteiger partial charge in [0.2, 0.25) is 5.91 Å². The molecule has 1 rings (SSSR count). The van der Waals surface area contributed by atoms with Gasteiger partial charge in [-0.25, -0.2) is 0 Å². The molecule has 76 valence electrons. The third-order valence-electron chi connectivity index (χ3n) is 1.93. The third-order valence-corrected chi connectivity index (χ3v) is 2.16. The summed E-state index contributed by atoms with van der Waals surface area (Å²) >= 11 is 5.80. The molecule has 0 aliphatic rings. The van der Waals surface area contributed by atoms with Crippen molar-refractivity contribution in [1.29, 1.82) is 0 Å². The Morgan fingerprint density at radius 1 is 1.64 bits per heavy atom. The first-order valence-electron chi connectivity index (χ1n) is 4.36. The van der Waals surface area contributed by atoms with Gasteiger partial charge in [0.15, 0.2) is 0 Å². The summed E-state index contributed by atoms with van der Waals surface area (Å²) in [5.74, 6) is -0.355. The summed E-state index contributed by atoms with van der Waals surface area (Å²) < 4.78 is 0. The molecule has 0 aliphatic carbocycles. The van der Waals surface area contributed by atoms with Crippen LogP contribution in [0, 0.1) is 0 Å². The van der Waals surface area contributed by atoms with E-state index in [0.717, 1.165) is 5.56 Å². The second-order valence-electron chi connectivity index (χ2n) is 3.13. The van der Waals surface area contributed by atoms with E-state index in [9.17, 15) is 4.79 Å². The number of benzene rings is 1. The van der Waals surface area contributed by atoms with E-state index >= 15 is 0 Å². The van der Waals surface area contributed by atoms with Crippen molar-refractivity contribution in [2.75, 3.05) is 0 Å². The molecule has 0 fully saturated rings. The number of hydrogen-bond donors (Lipinski definition) is 2. The van der Waals surface area contributed by atoms with Crippen LogP contribution in [0.5, 0.6) is 0 Å². The zero-order chi connectivity index (χ0) is 10.6. The van der Waals surface area contributed by atoms with Gasteiger partial charge in [-0.1, -0.05) is 23.7 Å². The zero-order valence-electron chi connectivity index (χ0n) is 7.96. The molecule has 1 atom stereocenters. The average Bonchev–Trinajstić information content (AvgIpc) is 2.14. The van der Waals surface area contributed by atoms with E-state index in [1.54, 1.807) is 6.92 Å². The Labute approximate surface area is 88.2 Å². The first-order valence-corrected chi connectivity index (χ1v) is 4.74. The topological polar surface area (TPSA) is 55.1 Å².